The lowest BCUT2D eigenvalue weighted by Crippen LogP contribution is -2.22. The molecule has 0 spiro atoms. The van der Waals surface area contributed by atoms with E-state index in [2.05, 4.69) is 23.8 Å². The van der Waals surface area contributed by atoms with E-state index in [1.165, 1.54) is 32.0 Å². The standard InChI is InChI=1S/C18H22N2O5S/c1-5-11(2)14-6-8-15(9-7-14)26(23,24)20-19-13(4)17-16(21)10-12(3)25-18(17)22/h6-11,20-21H,5H2,1-4H3/b19-13+. The zero-order valence-corrected chi connectivity index (χ0v) is 15.9. The molecular formula is C18H22N2O5S. The molecule has 1 unspecified atom stereocenters. The Morgan fingerprint density at radius 1 is 1.31 bits per heavy atom. The molecule has 0 aliphatic carbocycles. The van der Waals surface area contributed by atoms with Crippen molar-refractivity contribution in [3.63, 3.8) is 0 Å². The first kappa shape index (κ1) is 19.7. The molecule has 8 heteroatoms. The maximum absolute atomic E-state index is 12.4. The van der Waals surface area contributed by atoms with Gasteiger partial charge < -0.3 is 9.52 Å². The molecule has 1 atom stereocenters. The lowest BCUT2D eigenvalue weighted by molar-refractivity contribution is 0.432. The second-order valence-electron chi connectivity index (χ2n) is 6.08. The molecule has 1 aromatic heterocycles. The Morgan fingerprint density at radius 3 is 2.46 bits per heavy atom. The molecule has 2 rings (SSSR count). The summed E-state index contributed by atoms with van der Waals surface area (Å²) < 4.78 is 29.6. The number of nitrogens with one attached hydrogen (secondary N) is 1. The van der Waals surface area contributed by atoms with Crippen molar-refractivity contribution >= 4 is 15.7 Å². The van der Waals surface area contributed by atoms with E-state index < -0.39 is 15.6 Å². The minimum Gasteiger partial charge on any atom is -0.507 e. The molecule has 0 saturated heterocycles. The molecule has 2 N–H and O–H groups in total. The normalized spacial score (nSPS) is 13.5. The second-order valence-corrected chi connectivity index (χ2v) is 7.74. The molecule has 26 heavy (non-hydrogen) atoms. The molecule has 0 aliphatic rings. The van der Waals surface area contributed by atoms with Crippen molar-refractivity contribution in [1.82, 2.24) is 4.83 Å². The third kappa shape index (κ3) is 4.32. The SMILES string of the molecule is CCC(C)c1ccc(S(=O)(=O)N/N=C(\C)c2c(O)cc(C)oc2=O)cc1. The smallest absolute Gasteiger partial charge is 0.348 e. The maximum atomic E-state index is 12.4. The van der Waals surface area contributed by atoms with Crippen molar-refractivity contribution < 1.29 is 17.9 Å². The van der Waals surface area contributed by atoms with Gasteiger partial charge in [-0.3, -0.25) is 0 Å². The fourth-order valence-corrected chi connectivity index (χ4v) is 3.23. The number of aryl methyl sites for hydroxylation is 1. The van der Waals surface area contributed by atoms with Gasteiger partial charge in [0.1, 0.15) is 17.1 Å². The highest BCUT2D eigenvalue weighted by Crippen LogP contribution is 2.20. The van der Waals surface area contributed by atoms with Crippen LogP contribution < -0.4 is 10.5 Å². The average molecular weight is 378 g/mol. The lowest BCUT2D eigenvalue weighted by atomic mass is 9.99. The van der Waals surface area contributed by atoms with E-state index in [1.54, 1.807) is 12.1 Å². The van der Waals surface area contributed by atoms with Crippen LogP contribution in [0.4, 0.5) is 0 Å². The van der Waals surface area contributed by atoms with Gasteiger partial charge in [-0.2, -0.15) is 18.4 Å². The molecule has 1 heterocycles. The van der Waals surface area contributed by atoms with E-state index in [-0.39, 0.29) is 27.7 Å². The van der Waals surface area contributed by atoms with Crippen LogP contribution in [0.1, 0.15) is 50.0 Å². The summed E-state index contributed by atoms with van der Waals surface area (Å²) >= 11 is 0. The third-order valence-corrected chi connectivity index (χ3v) is 5.35. The van der Waals surface area contributed by atoms with Gasteiger partial charge in [0.25, 0.3) is 10.0 Å². The zero-order valence-electron chi connectivity index (χ0n) is 15.1. The minimum absolute atomic E-state index is 0.00366. The number of rotatable bonds is 6. The topological polar surface area (TPSA) is 109 Å². The lowest BCUT2D eigenvalue weighted by Gasteiger charge is -2.10. The second kappa shape index (κ2) is 7.74. The van der Waals surface area contributed by atoms with Crippen LogP contribution in [0.15, 0.2) is 49.5 Å². The van der Waals surface area contributed by atoms with Crippen LogP contribution in [-0.2, 0) is 10.0 Å². The molecule has 0 aliphatic heterocycles. The molecular weight excluding hydrogens is 356 g/mol. The molecule has 0 fully saturated rings. The van der Waals surface area contributed by atoms with Crippen LogP contribution in [0.3, 0.4) is 0 Å². The van der Waals surface area contributed by atoms with Gasteiger partial charge >= 0.3 is 5.63 Å². The summed E-state index contributed by atoms with van der Waals surface area (Å²) in [7, 11) is -3.90. The van der Waals surface area contributed by atoms with Crippen molar-refractivity contribution in [2.75, 3.05) is 0 Å². The Morgan fingerprint density at radius 2 is 1.92 bits per heavy atom. The highest BCUT2D eigenvalue weighted by atomic mass is 32.2. The van der Waals surface area contributed by atoms with E-state index >= 15 is 0 Å². The van der Waals surface area contributed by atoms with Gasteiger partial charge in [-0.15, -0.1) is 0 Å². The molecule has 0 radical (unpaired) electrons. The largest absolute Gasteiger partial charge is 0.507 e. The van der Waals surface area contributed by atoms with Crippen LogP contribution in [-0.4, -0.2) is 19.2 Å². The monoisotopic (exact) mass is 378 g/mol. The van der Waals surface area contributed by atoms with Gasteiger partial charge in [0.05, 0.1) is 10.6 Å². The number of hydrazone groups is 1. The molecule has 7 nitrogen and oxygen atoms in total. The van der Waals surface area contributed by atoms with Gasteiger partial charge in [0.2, 0.25) is 0 Å². The Bertz CT molecular complexity index is 976. The quantitative estimate of drug-likeness (QED) is 0.593. The fourth-order valence-electron chi connectivity index (χ4n) is 2.38. The van der Waals surface area contributed by atoms with Gasteiger partial charge in [-0.25, -0.2) is 4.79 Å². The predicted molar refractivity (Wildman–Crippen MR) is 99.1 cm³/mol. The molecule has 0 amide bonds. The number of aromatic hydroxyl groups is 1. The number of hydrogen-bond acceptors (Lipinski definition) is 6. The first-order chi connectivity index (χ1) is 12.2. The minimum atomic E-state index is -3.90. The summed E-state index contributed by atoms with van der Waals surface area (Å²) in [6, 6.07) is 7.80. The predicted octanol–water partition coefficient (Wildman–Crippen LogP) is 2.87. The van der Waals surface area contributed by atoms with Crippen molar-refractivity contribution in [2.24, 2.45) is 5.10 Å². The third-order valence-electron chi connectivity index (χ3n) is 4.12. The van der Waals surface area contributed by atoms with Crippen LogP contribution >= 0.6 is 0 Å². The van der Waals surface area contributed by atoms with Crippen molar-refractivity contribution in [2.45, 2.75) is 44.9 Å². The summed E-state index contributed by atoms with van der Waals surface area (Å²) in [6.45, 7) is 7.04. The van der Waals surface area contributed by atoms with Gasteiger partial charge in [-0.05, 0) is 43.9 Å². The van der Waals surface area contributed by atoms with E-state index in [9.17, 15) is 18.3 Å². The Hall–Kier alpha value is -2.61. The summed E-state index contributed by atoms with van der Waals surface area (Å²) in [5, 5.41) is 13.6. The molecule has 140 valence electrons. The van der Waals surface area contributed by atoms with Crippen LogP contribution in [0.5, 0.6) is 5.75 Å². The number of benzene rings is 1. The Kier molecular flexibility index (Phi) is 5.86. The zero-order chi connectivity index (χ0) is 19.5. The Balaban J connectivity index is 2.27. The molecule has 1 aromatic carbocycles. The summed E-state index contributed by atoms with van der Waals surface area (Å²) in [5.74, 6) is 0.256. The van der Waals surface area contributed by atoms with Crippen molar-refractivity contribution in [1.29, 1.82) is 0 Å². The van der Waals surface area contributed by atoms with Crippen LogP contribution in [0.2, 0.25) is 0 Å². The van der Waals surface area contributed by atoms with Gasteiger partial charge in [0.15, 0.2) is 0 Å². The van der Waals surface area contributed by atoms with Crippen molar-refractivity contribution in [3.05, 3.63) is 57.6 Å². The van der Waals surface area contributed by atoms with E-state index in [0.717, 1.165) is 12.0 Å². The van der Waals surface area contributed by atoms with E-state index in [4.69, 9.17) is 4.42 Å². The van der Waals surface area contributed by atoms with Gasteiger partial charge in [-0.1, -0.05) is 26.0 Å². The highest BCUT2D eigenvalue weighted by Gasteiger charge is 2.17. The number of hydrogen-bond donors (Lipinski definition) is 2. The average Bonchev–Trinajstić information content (AvgIpc) is 2.58. The van der Waals surface area contributed by atoms with E-state index in [0.29, 0.717) is 5.92 Å². The number of nitrogens with zero attached hydrogens (tertiary/aromatic N) is 1. The molecule has 2 aromatic rings. The van der Waals surface area contributed by atoms with E-state index in [1.807, 2.05) is 0 Å². The first-order valence-corrected chi connectivity index (χ1v) is 9.64. The molecule has 0 bridgehead atoms. The van der Waals surface area contributed by atoms with Crippen molar-refractivity contribution in [3.8, 4) is 5.75 Å². The summed E-state index contributed by atoms with van der Waals surface area (Å²) in [5.41, 5.74) is 0.0654. The fraction of sp³-hybridized carbons (Fsp3) is 0.333. The summed E-state index contributed by atoms with van der Waals surface area (Å²) in [6.07, 6.45) is 0.955. The Labute approximate surface area is 152 Å². The highest BCUT2D eigenvalue weighted by molar-refractivity contribution is 7.89. The molecule has 0 saturated carbocycles. The first-order valence-electron chi connectivity index (χ1n) is 8.15. The van der Waals surface area contributed by atoms with Crippen LogP contribution in [0, 0.1) is 6.92 Å². The van der Waals surface area contributed by atoms with Crippen LogP contribution in [0.25, 0.3) is 0 Å². The maximum Gasteiger partial charge on any atom is 0.348 e. The van der Waals surface area contributed by atoms with Gasteiger partial charge in [0, 0.05) is 6.07 Å². The number of sulfonamides is 1. The summed E-state index contributed by atoms with van der Waals surface area (Å²) in [4.78, 5) is 14.0.